The number of rotatable bonds is 5. The average molecular weight is 318 g/mol. The molecule has 21 heavy (non-hydrogen) atoms. The molecular formula is C12H13F3N4OS. The van der Waals surface area contributed by atoms with Crippen LogP contribution in [0.15, 0.2) is 18.2 Å². The first-order valence-electron chi connectivity index (χ1n) is 6.07. The van der Waals surface area contributed by atoms with Crippen molar-refractivity contribution >= 4 is 22.4 Å². The molecule has 1 aromatic carbocycles. The minimum Gasteiger partial charge on any atom is -0.494 e. The van der Waals surface area contributed by atoms with Crippen LogP contribution in [0.3, 0.4) is 0 Å². The van der Waals surface area contributed by atoms with Crippen LogP contribution in [-0.4, -0.2) is 16.0 Å². The standard InChI is InChI=1S/C12H13F3N4OS/c1-2-20-9-4-3-8(5-7(9)6-16)17-11-18-10(19-21-11)12(13,14)15/h3-5H,2,6,16H2,1H3,(H,17,18,19). The van der Waals surface area contributed by atoms with Crippen LogP contribution in [0.1, 0.15) is 18.3 Å². The van der Waals surface area contributed by atoms with E-state index in [9.17, 15) is 13.2 Å². The molecule has 9 heteroatoms. The molecule has 2 aromatic rings. The maximum absolute atomic E-state index is 12.4. The van der Waals surface area contributed by atoms with Gasteiger partial charge in [0.05, 0.1) is 6.61 Å². The van der Waals surface area contributed by atoms with E-state index in [1.807, 2.05) is 6.92 Å². The van der Waals surface area contributed by atoms with Crippen LogP contribution in [0.5, 0.6) is 5.75 Å². The van der Waals surface area contributed by atoms with E-state index in [2.05, 4.69) is 14.7 Å². The molecule has 0 spiro atoms. The van der Waals surface area contributed by atoms with Gasteiger partial charge in [-0.1, -0.05) is 0 Å². The van der Waals surface area contributed by atoms with E-state index in [4.69, 9.17) is 10.5 Å². The molecule has 114 valence electrons. The van der Waals surface area contributed by atoms with E-state index in [1.165, 1.54) is 0 Å². The number of halogens is 3. The Morgan fingerprint density at radius 2 is 2.14 bits per heavy atom. The Labute approximate surface area is 123 Å². The third-order valence-electron chi connectivity index (χ3n) is 2.51. The molecule has 0 aliphatic heterocycles. The van der Waals surface area contributed by atoms with Gasteiger partial charge in [-0.25, -0.2) is 0 Å². The van der Waals surface area contributed by atoms with Gasteiger partial charge in [0, 0.05) is 29.3 Å². The van der Waals surface area contributed by atoms with Crippen molar-refractivity contribution in [2.45, 2.75) is 19.6 Å². The Hall–Kier alpha value is -1.87. The number of aromatic nitrogens is 2. The lowest BCUT2D eigenvalue weighted by atomic mass is 10.2. The predicted octanol–water partition coefficient (Wildman–Crippen LogP) is 3.16. The summed E-state index contributed by atoms with van der Waals surface area (Å²) in [6.07, 6.45) is -4.54. The van der Waals surface area contributed by atoms with Crippen molar-refractivity contribution in [1.29, 1.82) is 0 Å². The maximum atomic E-state index is 12.4. The second-order valence-electron chi connectivity index (χ2n) is 4.01. The first-order chi connectivity index (χ1) is 9.94. The Morgan fingerprint density at radius 3 is 2.71 bits per heavy atom. The van der Waals surface area contributed by atoms with Crippen molar-refractivity contribution < 1.29 is 17.9 Å². The number of nitrogens with zero attached hydrogens (tertiary/aromatic N) is 2. The molecule has 1 heterocycles. The minimum absolute atomic E-state index is 0.0643. The van der Waals surface area contributed by atoms with Gasteiger partial charge < -0.3 is 15.8 Å². The molecule has 0 aliphatic rings. The summed E-state index contributed by atoms with van der Waals surface area (Å²) in [6, 6.07) is 5.10. The first kappa shape index (κ1) is 15.5. The Bertz CT molecular complexity index is 615. The van der Waals surface area contributed by atoms with Crippen molar-refractivity contribution in [3.63, 3.8) is 0 Å². The van der Waals surface area contributed by atoms with Gasteiger partial charge in [0.25, 0.3) is 0 Å². The number of alkyl halides is 3. The molecule has 0 saturated heterocycles. The molecule has 0 fully saturated rings. The summed E-state index contributed by atoms with van der Waals surface area (Å²) >= 11 is 0.644. The predicted molar refractivity (Wildman–Crippen MR) is 73.7 cm³/mol. The summed E-state index contributed by atoms with van der Waals surface area (Å²) in [5.41, 5.74) is 6.95. The molecular weight excluding hydrogens is 305 g/mol. The largest absolute Gasteiger partial charge is 0.494 e. The summed E-state index contributed by atoms with van der Waals surface area (Å²) in [4.78, 5) is 3.40. The third kappa shape index (κ3) is 3.82. The molecule has 3 N–H and O–H groups in total. The molecule has 0 bridgehead atoms. The lowest BCUT2D eigenvalue weighted by Crippen LogP contribution is -2.07. The summed E-state index contributed by atoms with van der Waals surface area (Å²) in [7, 11) is 0. The quantitative estimate of drug-likeness (QED) is 0.886. The monoisotopic (exact) mass is 318 g/mol. The topological polar surface area (TPSA) is 73.1 Å². The molecule has 0 unspecified atom stereocenters. The average Bonchev–Trinajstić information content (AvgIpc) is 2.89. The number of benzene rings is 1. The van der Waals surface area contributed by atoms with Gasteiger partial charge in [-0.3, -0.25) is 0 Å². The van der Waals surface area contributed by atoms with Gasteiger partial charge in [0.2, 0.25) is 11.0 Å². The van der Waals surface area contributed by atoms with E-state index >= 15 is 0 Å². The van der Waals surface area contributed by atoms with Gasteiger partial charge >= 0.3 is 6.18 Å². The van der Waals surface area contributed by atoms with Crippen LogP contribution in [-0.2, 0) is 12.7 Å². The molecule has 1 aromatic heterocycles. The molecule has 5 nitrogen and oxygen atoms in total. The lowest BCUT2D eigenvalue weighted by Gasteiger charge is -2.11. The SMILES string of the molecule is CCOc1ccc(Nc2nc(C(F)(F)F)ns2)cc1CN. The van der Waals surface area contributed by atoms with E-state index in [0.29, 0.717) is 29.6 Å². The van der Waals surface area contributed by atoms with Gasteiger partial charge in [-0.15, -0.1) is 0 Å². The number of nitrogens with two attached hydrogens (primary N) is 1. The molecule has 0 saturated carbocycles. The second-order valence-corrected chi connectivity index (χ2v) is 4.76. The van der Waals surface area contributed by atoms with E-state index in [-0.39, 0.29) is 11.7 Å². The van der Waals surface area contributed by atoms with Crippen molar-refractivity contribution in [1.82, 2.24) is 9.36 Å². The van der Waals surface area contributed by atoms with Crippen molar-refractivity contribution in [3.8, 4) is 5.75 Å². The second kappa shape index (κ2) is 6.27. The summed E-state index contributed by atoms with van der Waals surface area (Å²) in [5, 5.41) is 2.84. The Morgan fingerprint density at radius 1 is 1.38 bits per heavy atom. The third-order valence-corrected chi connectivity index (χ3v) is 3.14. The molecule has 0 aliphatic carbocycles. The van der Waals surface area contributed by atoms with Crippen molar-refractivity contribution in [3.05, 3.63) is 29.6 Å². The molecule has 0 radical (unpaired) electrons. The zero-order chi connectivity index (χ0) is 15.5. The molecule has 2 rings (SSSR count). The number of anilines is 2. The van der Waals surface area contributed by atoms with Crippen LogP contribution in [0.4, 0.5) is 24.0 Å². The normalized spacial score (nSPS) is 11.5. The zero-order valence-corrected chi connectivity index (χ0v) is 11.9. The fourth-order valence-corrected chi connectivity index (χ4v) is 2.23. The summed E-state index contributed by atoms with van der Waals surface area (Å²) in [6.45, 7) is 2.62. The van der Waals surface area contributed by atoms with E-state index in [0.717, 1.165) is 5.56 Å². The van der Waals surface area contributed by atoms with Crippen molar-refractivity contribution in [2.75, 3.05) is 11.9 Å². The fraction of sp³-hybridized carbons (Fsp3) is 0.333. The first-order valence-corrected chi connectivity index (χ1v) is 6.85. The van der Waals surface area contributed by atoms with Gasteiger partial charge in [-0.05, 0) is 25.1 Å². The summed E-state index contributed by atoms with van der Waals surface area (Å²) < 4.78 is 45.9. The molecule has 0 atom stereocenters. The number of hydrogen-bond donors (Lipinski definition) is 2. The van der Waals surface area contributed by atoms with Gasteiger partial charge in [0.15, 0.2) is 0 Å². The van der Waals surface area contributed by atoms with Crippen LogP contribution in [0, 0.1) is 0 Å². The highest BCUT2D eigenvalue weighted by atomic mass is 32.1. The van der Waals surface area contributed by atoms with Gasteiger partial charge in [0.1, 0.15) is 5.75 Å². The fourth-order valence-electron chi connectivity index (χ4n) is 1.63. The van der Waals surface area contributed by atoms with Crippen LogP contribution in [0.2, 0.25) is 0 Å². The Kier molecular flexibility index (Phi) is 4.63. The maximum Gasteiger partial charge on any atom is 0.452 e. The number of ether oxygens (including phenoxy) is 1. The smallest absolute Gasteiger partial charge is 0.452 e. The minimum atomic E-state index is -4.54. The van der Waals surface area contributed by atoms with E-state index < -0.39 is 12.0 Å². The van der Waals surface area contributed by atoms with Crippen molar-refractivity contribution in [2.24, 2.45) is 5.73 Å². The zero-order valence-electron chi connectivity index (χ0n) is 11.1. The molecule has 0 amide bonds. The number of hydrogen-bond acceptors (Lipinski definition) is 6. The van der Waals surface area contributed by atoms with Crippen LogP contribution >= 0.6 is 11.5 Å². The Balaban J connectivity index is 2.18. The van der Waals surface area contributed by atoms with Crippen LogP contribution in [0.25, 0.3) is 0 Å². The van der Waals surface area contributed by atoms with Crippen LogP contribution < -0.4 is 15.8 Å². The van der Waals surface area contributed by atoms with E-state index in [1.54, 1.807) is 18.2 Å². The summed E-state index contributed by atoms with van der Waals surface area (Å²) in [5.74, 6) is -0.501. The number of nitrogens with one attached hydrogen (secondary N) is 1. The highest BCUT2D eigenvalue weighted by molar-refractivity contribution is 7.09. The highest BCUT2D eigenvalue weighted by Crippen LogP contribution is 2.31. The van der Waals surface area contributed by atoms with Gasteiger partial charge in [-0.2, -0.15) is 22.5 Å². The highest BCUT2D eigenvalue weighted by Gasteiger charge is 2.36. The lowest BCUT2D eigenvalue weighted by molar-refractivity contribution is -0.144.